The Morgan fingerprint density at radius 1 is 1.43 bits per heavy atom. The number of hydrogen-bond acceptors (Lipinski definition) is 2. The van der Waals surface area contributed by atoms with E-state index in [1.54, 1.807) is 0 Å². The Kier molecular flexibility index (Phi) is 3.55. The van der Waals surface area contributed by atoms with Crippen molar-refractivity contribution in [2.24, 2.45) is 5.41 Å². The lowest BCUT2D eigenvalue weighted by Crippen LogP contribution is -2.05. The van der Waals surface area contributed by atoms with Crippen LogP contribution in [0, 0.1) is 5.41 Å². The number of rotatable bonds is 4. The zero-order valence-electron chi connectivity index (χ0n) is 7.67. The summed E-state index contributed by atoms with van der Waals surface area (Å²) in [5, 5.41) is 2.25. The van der Waals surface area contributed by atoms with E-state index in [-0.39, 0.29) is 0 Å². The van der Waals surface area contributed by atoms with Crippen LogP contribution in [-0.4, -0.2) is 16.1 Å². The fraction of sp³-hybridized carbons (Fsp3) is 0.500. The van der Waals surface area contributed by atoms with Crippen LogP contribution >= 0.6 is 43.6 Å². The standard InChI is InChI=1S/C10H11Br2NS/c11-6-10(3-4-10)7-14-9-2-1-8(12)5-13-9/h1-2,5H,3-4,6-7H2. The van der Waals surface area contributed by atoms with Crippen molar-refractivity contribution in [3.8, 4) is 0 Å². The summed E-state index contributed by atoms with van der Waals surface area (Å²) in [7, 11) is 0. The van der Waals surface area contributed by atoms with E-state index in [1.807, 2.05) is 24.0 Å². The molecule has 1 fully saturated rings. The average Bonchev–Trinajstić information content (AvgIpc) is 2.98. The fourth-order valence-corrected chi connectivity index (χ4v) is 3.56. The summed E-state index contributed by atoms with van der Waals surface area (Å²) >= 11 is 8.82. The van der Waals surface area contributed by atoms with Crippen LogP contribution in [0.25, 0.3) is 0 Å². The molecule has 0 unspecified atom stereocenters. The molecule has 1 aromatic heterocycles. The summed E-state index contributed by atoms with van der Waals surface area (Å²) in [5.74, 6) is 1.19. The SMILES string of the molecule is BrCC1(CSc2ccc(Br)cn2)CC1. The van der Waals surface area contributed by atoms with Crippen molar-refractivity contribution >= 4 is 43.6 Å². The predicted octanol–water partition coefficient (Wildman–Crippen LogP) is 4.11. The van der Waals surface area contributed by atoms with E-state index in [9.17, 15) is 0 Å². The van der Waals surface area contributed by atoms with Gasteiger partial charge in [-0.25, -0.2) is 4.98 Å². The Bertz CT molecular complexity index is 308. The topological polar surface area (TPSA) is 12.9 Å². The van der Waals surface area contributed by atoms with Crippen molar-refractivity contribution in [2.45, 2.75) is 17.9 Å². The molecule has 0 radical (unpaired) electrons. The van der Waals surface area contributed by atoms with Crippen molar-refractivity contribution < 1.29 is 0 Å². The third-order valence-electron chi connectivity index (χ3n) is 2.47. The molecular formula is C10H11Br2NS. The molecule has 1 nitrogen and oxygen atoms in total. The second-order valence-electron chi connectivity index (χ2n) is 3.74. The summed E-state index contributed by atoms with van der Waals surface area (Å²) in [6.45, 7) is 0. The third-order valence-corrected chi connectivity index (χ3v) is 5.42. The average molecular weight is 337 g/mol. The van der Waals surface area contributed by atoms with E-state index in [2.05, 4.69) is 42.9 Å². The van der Waals surface area contributed by atoms with Crippen molar-refractivity contribution in [3.63, 3.8) is 0 Å². The van der Waals surface area contributed by atoms with E-state index in [4.69, 9.17) is 0 Å². The van der Waals surface area contributed by atoms with Gasteiger partial charge >= 0.3 is 0 Å². The van der Waals surface area contributed by atoms with Crippen LogP contribution in [-0.2, 0) is 0 Å². The number of halogens is 2. The minimum atomic E-state index is 0.569. The monoisotopic (exact) mass is 335 g/mol. The van der Waals surface area contributed by atoms with Gasteiger partial charge in [-0.15, -0.1) is 11.8 Å². The van der Waals surface area contributed by atoms with Gasteiger partial charge in [0.05, 0.1) is 5.03 Å². The molecule has 2 rings (SSSR count). The lowest BCUT2D eigenvalue weighted by molar-refractivity contribution is 0.686. The molecule has 1 heterocycles. The van der Waals surface area contributed by atoms with Crippen molar-refractivity contribution in [2.75, 3.05) is 11.1 Å². The molecule has 0 N–H and O–H groups in total. The lowest BCUT2D eigenvalue weighted by Gasteiger charge is -2.09. The van der Waals surface area contributed by atoms with E-state index in [0.717, 1.165) is 14.8 Å². The number of thioether (sulfide) groups is 1. The molecule has 14 heavy (non-hydrogen) atoms. The summed E-state index contributed by atoms with van der Waals surface area (Å²) in [4.78, 5) is 4.34. The molecule has 0 atom stereocenters. The molecule has 0 aromatic carbocycles. The second kappa shape index (κ2) is 4.54. The summed E-state index contributed by atoms with van der Waals surface area (Å²) in [5.41, 5.74) is 0.569. The number of nitrogens with zero attached hydrogens (tertiary/aromatic N) is 1. The smallest absolute Gasteiger partial charge is 0.0960 e. The molecule has 0 saturated heterocycles. The zero-order chi connectivity index (χ0) is 10.0. The van der Waals surface area contributed by atoms with E-state index < -0.39 is 0 Å². The maximum absolute atomic E-state index is 4.34. The van der Waals surface area contributed by atoms with Gasteiger partial charge in [-0.1, -0.05) is 15.9 Å². The summed E-state index contributed by atoms with van der Waals surface area (Å²) < 4.78 is 1.04. The maximum Gasteiger partial charge on any atom is 0.0960 e. The van der Waals surface area contributed by atoms with Gasteiger partial charge in [-0.05, 0) is 46.3 Å². The third kappa shape index (κ3) is 2.74. The van der Waals surface area contributed by atoms with Crippen molar-refractivity contribution in [3.05, 3.63) is 22.8 Å². The first-order valence-electron chi connectivity index (χ1n) is 4.54. The van der Waals surface area contributed by atoms with Crippen LogP contribution in [0.3, 0.4) is 0 Å². The van der Waals surface area contributed by atoms with Gasteiger partial charge in [0.1, 0.15) is 0 Å². The molecule has 1 aromatic rings. The molecule has 76 valence electrons. The van der Waals surface area contributed by atoms with Gasteiger partial charge in [0, 0.05) is 21.8 Å². The maximum atomic E-state index is 4.34. The highest BCUT2D eigenvalue weighted by atomic mass is 79.9. The van der Waals surface area contributed by atoms with Gasteiger partial charge in [0.2, 0.25) is 0 Å². The first kappa shape index (κ1) is 11.0. The summed E-state index contributed by atoms with van der Waals surface area (Å²) in [6.07, 6.45) is 4.58. The van der Waals surface area contributed by atoms with E-state index in [1.165, 1.54) is 18.6 Å². The first-order chi connectivity index (χ1) is 6.74. The van der Waals surface area contributed by atoms with Gasteiger partial charge in [0.15, 0.2) is 0 Å². The molecule has 4 heteroatoms. The minimum absolute atomic E-state index is 0.569. The molecule has 0 spiro atoms. The summed E-state index contributed by atoms with van der Waals surface area (Å²) in [6, 6.07) is 4.11. The molecule has 1 aliphatic carbocycles. The highest BCUT2D eigenvalue weighted by molar-refractivity contribution is 9.10. The fourth-order valence-electron chi connectivity index (χ4n) is 1.17. The Morgan fingerprint density at radius 2 is 2.21 bits per heavy atom. The Morgan fingerprint density at radius 3 is 2.71 bits per heavy atom. The van der Waals surface area contributed by atoms with Gasteiger partial charge in [0.25, 0.3) is 0 Å². The predicted molar refractivity (Wildman–Crippen MR) is 68.1 cm³/mol. The minimum Gasteiger partial charge on any atom is -0.249 e. The number of pyridine rings is 1. The van der Waals surface area contributed by atoms with Gasteiger partial charge in [-0.3, -0.25) is 0 Å². The van der Waals surface area contributed by atoms with Crippen molar-refractivity contribution in [1.29, 1.82) is 0 Å². The highest BCUT2D eigenvalue weighted by Crippen LogP contribution is 2.50. The van der Waals surface area contributed by atoms with Crippen LogP contribution in [0.2, 0.25) is 0 Å². The largest absolute Gasteiger partial charge is 0.249 e. The molecular weight excluding hydrogens is 326 g/mol. The number of hydrogen-bond donors (Lipinski definition) is 0. The van der Waals surface area contributed by atoms with Crippen LogP contribution in [0.5, 0.6) is 0 Å². The van der Waals surface area contributed by atoms with Gasteiger partial charge < -0.3 is 0 Å². The Hall–Kier alpha value is 0.460. The van der Waals surface area contributed by atoms with Crippen molar-refractivity contribution in [1.82, 2.24) is 4.98 Å². The molecule has 0 aliphatic heterocycles. The van der Waals surface area contributed by atoms with Gasteiger partial charge in [-0.2, -0.15) is 0 Å². The zero-order valence-corrected chi connectivity index (χ0v) is 11.7. The number of alkyl halides is 1. The van der Waals surface area contributed by atoms with E-state index >= 15 is 0 Å². The Balaban J connectivity index is 1.89. The molecule has 1 aliphatic rings. The quantitative estimate of drug-likeness (QED) is 0.606. The normalized spacial score (nSPS) is 18.1. The second-order valence-corrected chi connectivity index (χ2v) is 6.21. The highest BCUT2D eigenvalue weighted by Gasteiger charge is 2.41. The van der Waals surface area contributed by atoms with Crippen LogP contribution in [0.1, 0.15) is 12.8 Å². The molecule has 0 bridgehead atoms. The molecule has 0 amide bonds. The first-order valence-corrected chi connectivity index (χ1v) is 7.44. The lowest BCUT2D eigenvalue weighted by atomic mass is 10.2. The van der Waals surface area contributed by atoms with Crippen LogP contribution < -0.4 is 0 Å². The van der Waals surface area contributed by atoms with Crippen LogP contribution in [0.4, 0.5) is 0 Å². The van der Waals surface area contributed by atoms with Crippen LogP contribution in [0.15, 0.2) is 27.8 Å². The molecule has 1 saturated carbocycles. The Labute approximate surface area is 105 Å². The van der Waals surface area contributed by atoms with E-state index in [0.29, 0.717) is 5.41 Å². The number of aromatic nitrogens is 1.